The minimum atomic E-state index is -0.274. The van der Waals surface area contributed by atoms with Crippen LogP contribution in [-0.2, 0) is 5.41 Å². The Morgan fingerprint density at radius 2 is 1.83 bits per heavy atom. The molecular formula is C30H36N4O2. The van der Waals surface area contributed by atoms with Crippen molar-refractivity contribution in [3.05, 3.63) is 47.2 Å². The highest BCUT2D eigenvalue weighted by molar-refractivity contribution is 5.99. The maximum absolute atomic E-state index is 9.36. The number of nitrogens with zero attached hydrogens (tertiary/aromatic N) is 2. The van der Waals surface area contributed by atoms with Gasteiger partial charge in [0.1, 0.15) is 6.10 Å². The lowest BCUT2D eigenvalue weighted by Gasteiger charge is -2.42. The maximum atomic E-state index is 9.36. The Bertz CT molecular complexity index is 1340. The van der Waals surface area contributed by atoms with Crippen LogP contribution in [0.2, 0.25) is 0 Å². The molecule has 0 bridgehead atoms. The summed E-state index contributed by atoms with van der Waals surface area (Å²) in [6.07, 6.45) is 6.48. The largest absolute Gasteiger partial charge is 0.487 e. The van der Waals surface area contributed by atoms with E-state index in [0.717, 1.165) is 71.4 Å². The molecule has 2 N–H and O–H groups in total. The van der Waals surface area contributed by atoms with E-state index in [1.165, 1.54) is 24.8 Å². The average molecular weight is 485 g/mol. The molecule has 6 rings (SSSR count). The highest BCUT2D eigenvalue weighted by Crippen LogP contribution is 2.51. The molecule has 6 nitrogen and oxygen atoms in total. The van der Waals surface area contributed by atoms with Crippen LogP contribution in [0.4, 0.5) is 11.4 Å². The van der Waals surface area contributed by atoms with Gasteiger partial charge in [-0.15, -0.1) is 0 Å². The van der Waals surface area contributed by atoms with E-state index >= 15 is 0 Å². The zero-order valence-electron chi connectivity index (χ0n) is 21.8. The summed E-state index contributed by atoms with van der Waals surface area (Å²) in [5.41, 5.74) is 5.77. The highest BCUT2D eigenvalue weighted by atomic mass is 16.5. The third-order valence-corrected chi connectivity index (χ3v) is 8.29. The number of hydrogen-bond donors (Lipinski definition) is 2. The fourth-order valence-corrected chi connectivity index (χ4v) is 6.04. The van der Waals surface area contributed by atoms with E-state index in [4.69, 9.17) is 9.47 Å². The molecule has 1 saturated carbocycles. The summed E-state index contributed by atoms with van der Waals surface area (Å²) in [7, 11) is 0. The number of benzene rings is 2. The van der Waals surface area contributed by atoms with Crippen molar-refractivity contribution in [3.8, 4) is 17.6 Å². The Labute approximate surface area is 213 Å². The number of nitrogens with one attached hydrogen (secondary N) is 2. The van der Waals surface area contributed by atoms with Crippen LogP contribution < -0.4 is 14.8 Å². The molecule has 0 unspecified atom stereocenters. The SMILES string of the molecule is CC(C)Oc1cc2c(cc1OC1CCN(C3CCC3)CC1)C(C)(C)c1[nH]c3cc(C#N)ccc3c1N2. The second-order valence-corrected chi connectivity index (χ2v) is 11.4. The summed E-state index contributed by atoms with van der Waals surface area (Å²) >= 11 is 0. The summed E-state index contributed by atoms with van der Waals surface area (Å²) in [6.45, 7) is 10.9. The molecule has 3 heterocycles. The molecule has 1 aliphatic carbocycles. The molecule has 6 heteroatoms. The molecule has 36 heavy (non-hydrogen) atoms. The van der Waals surface area contributed by atoms with Crippen LogP contribution in [-0.4, -0.2) is 41.2 Å². The molecule has 1 saturated heterocycles. The Hall–Kier alpha value is -3.17. The van der Waals surface area contributed by atoms with Crippen molar-refractivity contribution >= 4 is 22.3 Å². The van der Waals surface area contributed by atoms with Crippen LogP contribution in [0, 0.1) is 11.3 Å². The number of fused-ring (bicyclic) bond motifs is 4. The van der Waals surface area contributed by atoms with Crippen LogP contribution in [0.1, 0.15) is 76.6 Å². The molecule has 0 atom stereocenters. The number of rotatable bonds is 5. The maximum Gasteiger partial charge on any atom is 0.163 e. The number of anilines is 2. The molecule has 2 aromatic carbocycles. The van der Waals surface area contributed by atoms with Crippen LogP contribution in [0.25, 0.3) is 10.9 Å². The fourth-order valence-electron chi connectivity index (χ4n) is 6.04. The molecule has 2 aliphatic heterocycles. The number of aromatic nitrogens is 1. The summed E-state index contributed by atoms with van der Waals surface area (Å²) in [6, 6.07) is 13.2. The topological polar surface area (TPSA) is 73.3 Å². The summed E-state index contributed by atoms with van der Waals surface area (Å²) in [5, 5.41) is 14.1. The number of hydrogen-bond acceptors (Lipinski definition) is 5. The first-order valence-corrected chi connectivity index (χ1v) is 13.4. The van der Waals surface area contributed by atoms with Crippen molar-refractivity contribution in [1.82, 2.24) is 9.88 Å². The van der Waals surface area contributed by atoms with Gasteiger partial charge < -0.3 is 24.7 Å². The molecule has 0 amide bonds. The fraction of sp³-hybridized carbons (Fsp3) is 0.500. The van der Waals surface area contributed by atoms with Gasteiger partial charge in [0.25, 0.3) is 0 Å². The van der Waals surface area contributed by atoms with E-state index in [-0.39, 0.29) is 17.6 Å². The van der Waals surface area contributed by atoms with Gasteiger partial charge in [-0.25, -0.2) is 0 Å². The third-order valence-electron chi connectivity index (χ3n) is 8.29. The van der Waals surface area contributed by atoms with E-state index in [2.05, 4.69) is 61.1 Å². The van der Waals surface area contributed by atoms with Crippen LogP contribution in [0.5, 0.6) is 11.5 Å². The van der Waals surface area contributed by atoms with Crippen molar-refractivity contribution in [2.45, 2.75) is 83.5 Å². The zero-order valence-corrected chi connectivity index (χ0v) is 21.8. The van der Waals surface area contributed by atoms with Crippen molar-refractivity contribution in [1.29, 1.82) is 5.26 Å². The van der Waals surface area contributed by atoms with Gasteiger partial charge in [0, 0.05) is 52.9 Å². The zero-order chi connectivity index (χ0) is 25.0. The minimum Gasteiger partial charge on any atom is -0.487 e. The summed E-state index contributed by atoms with van der Waals surface area (Å²) in [4.78, 5) is 6.26. The third kappa shape index (κ3) is 3.90. The molecule has 1 aromatic heterocycles. The van der Waals surface area contributed by atoms with Crippen molar-refractivity contribution in [3.63, 3.8) is 0 Å². The Morgan fingerprint density at radius 1 is 1.06 bits per heavy atom. The normalized spacial score (nSPS) is 19.8. The molecule has 0 radical (unpaired) electrons. The molecule has 188 valence electrons. The van der Waals surface area contributed by atoms with E-state index in [0.29, 0.717) is 5.56 Å². The van der Waals surface area contributed by atoms with Gasteiger partial charge >= 0.3 is 0 Å². The quantitative estimate of drug-likeness (QED) is 0.426. The molecule has 2 fully saturated rings. The Balaban J connectivity index is 1.33. The predicted octanol–water partition coefficient (Wildman–Crippen LogP) is 6.61. The number of piperidine rings is 1. The number of nitriles is 1. The molecular weight excluding hydrogens is 448 g/mol. The lowest BCUT2D eigenvalue weighted by Crippen LogP contribution is -2.46. The van der Waals surface area contributed by atoms with Gasteiger partial charge in [0.2, 0.25) is 0 Å². The number of aromatic amines is 1. The molecule has 3 aromatic rings. The summed E-state index contributed by atoms with van der Waals surface area (Å²) < 4.78 is 13.0. The first kappa shape index (κ1) is 23.2. The minimum absolute atomic E-state index is 0.0514. The van der Waals surface area contributed by atoms with Crippen molar-refractivity contribution in [2.24, 2.45) is 0 Å². The smallest absolute Gasteiger partial charge is 0.163 e. The van der Waals surface area contributed by atoms with Crippen LogP contribution in [0.15, 0.2) is 30.3 Å². The molecule has 0 spiro atoms. The van der Waals surface area contributed by atoms with E-state index < -0.39 is 0 Å². The van der Waals surface area contributed by atoms with Gasteiger partial charge in [-0.3, -0.25) is 0 Å². The van der Waals surface area contributed by atoms with E-state index in [1.54, 1.807) is 0 Å². The standard InChI is InChI=1S/C30H36N4O2/c1-18(2)35-27-16-25-23(15-26(27)36-21-10-12-34(13-11-21)20-6-5-7-20)30(3,4)29-28(32-25)22-9-8-19(17-31)14-24(22)33-29/h8-9,14-16,18,20-21,32-33H,5-7,10-13H2,1-4H3. The van der Waals surface area contributed by atoms with Gasteiger partial charge in [-0.2, -0.15) is 5.26 Å². The van der Waals surface area contributed by atoms with Gasteiger partial charge in [-0.05, 0) is 69.4 Å². The number of H-pyrrole nitrogens is 1. The lowest BCUT2D eigenvalue weighted by atomic mass is 9.77. The second-order valence-electron chi connectivity index (χ2n) is 11.4. The Kier molecular flexibility index (Phi) is 5.64. The van der Waals surface area contributed by atoms with E-state index in [1.807, 2.05) is 18.2 Å². The predicted molar refractivity (Wildman–Crippen MR) is 143 cm³/mol. The highest BCUT2D eigenvalue weighted by Gasteiger charge is 2.37. The summed E-state index contributed by atoms with van der Waals surface area (Å²) in [5.74, 6) is 1.63. The first-order valence-electron chi connectivity index (χ1n) is 13.4. The average Bonchev–Trinajstić information content (AvgIpc) is 3.18. The Morgan fingerprint density at radius 3 is 2.50 bits per heavy atom. The monoisotopic (exact) mass is 484 g/mol. The van der Waals surface area contributed by atoms with Gasteiger partial charge in [0.05, 0.1) is 23.4 Å². The van der Waals surface area contributed by atoms with Gasteiger partial charge in [-0.1, -0.05) is 20.3 Å². The number of likely N-dealkylation sites (tertiary alicyclic amines) is 1. The van der Waals surface area contributed by atoms with Crippen molar-refractivity contribution in [2.75, 3.05) is 18.4 Å². The van der Waals surface area contributed by atoms with Crippen LogP contribution >= 0.6 is 0 Å². The molecule has 3 aliphatic rings. The van der Waals surface area contributed by atoms with Crippen LogP contribution in [0.3, 0.4) is 0 Å². The number of ether oxygens (including phenoxy) is 2. The van der Waals surface area contributed by atoms with Crippen molar-refractivity contribution < 1.29 is 9.47 Å². The lowest BCUT2D eigenvalue weighted by molar-refractivity contribution is 0.0474. The second kappa shape index (κ2) is 8.74. The van der Waals surface area contributed by atoms with Gasteiger partial charge in [0.15, 0.2) is 11.5 Å². The first-order chi connectivity index (χ1) is 17.3. The van der Waals surface area contributed by atoms with E-state index in [9.17, 15) is 5.26 Å².